The molecule has 1 fully saturated rings. The number of nitrogens with zero attached hydrogens (tertiary/aromatic N) is 7. The van der Waals surface area contributed by atoms with Gasteiger partial charge < -0.3 is 15.5 Å². The largest absolute Gasteiger partial charge is 0.368 e. The van der Waals surface area contributed by atoms with E-state index in [9.17, 15) is 0 Å². The van der Waals surface area contributed by atoms with Crippen LogP contribution in [-0.4, -0.2) is 56.1 Å². The Morgan fingerprint density at radius 3 is 2.53 bits per heavy atom. The van der Waals surface area contributed by atoms with Crippen LogP contribution in [-0.2, 0) is 0 Å². The van der Waals surface area contributed by atoms with Crippen LogP contribution >= 0.6 is 0 Å². The van der Waals surface area contributed by atoms with E-state index in [1.807, 2.05) is 53.0 Å². The summed E-state index contributed by atoms with van der Waals surface area (Å²) >= 11 is 0. The number of benzene rings is 1. The molecule has 1 aliphatic heterocycles. The summed E-state index contributed by atoms with van der Waals surface area (Å²) in [5.74, 6) is 2.35. The Balaban J connectivity index is 1.50. The second-order valence-electron chi connectivity index (χ2n) is 8.36. The second kappa shape index (κ2) is 8.79. The van der Waals surface area contributed by atoms with E-state index in [1.54, 1.807) is 6.33 Å². The van der Waals surface area contributed by atoms with Crippen molar-refractivity contribution in [3.8, 4) is 5.95 Å². The van der Waals surface area contributed by atoms with Gasteiger partial charge in [0.05, 0.1) is 5.69 Å². The SMILES string of the molecule is CC(C)CN1CCC(c2cn(-c3nc(N)nc(N(C)c4ccccc4)n3)cn2)CC1. The molecule has 8 heteroatoms. The van der Waals surface area contributed by atoms with Gasteiger partial charge >= 0.3 is 0 Å². The lowest BCUT2D eigenvalue weighted by Crippen LogP contribution is -2.35. The molecule has 0 unspecified atom stereocenters. The summed E-state index contributed by atoms with van der Waals surface area (Å²) in [5.41, 5.74) is 8.06. The molecule has 0 bridgehead atoms. The zero-order valence-electron chi connectivity index (χ0n) is 17.9. The molecule has 8 nitrogen and oxygen atoms in total. The highest BCUT2D eigenvalue weighted by Crippen LogP contribution is 2.28. The first kappa shape index (κ1) is 20.3. The maximum atomic E-state index is 5.99. The Morgan fingerprint density at radius 2 is 1.83 bits per heavy atom. The van der Waals surface area contributed by atoms with E-state index in [4.69, 9.17) is 5.73 Å². The molecule has 1 aliphatic rings. The molecule has 0 saturated carbocycles. The molecule has 3 heterocycles. The van der Waals surface area contributed by atoms with Gasteiger partial charge in [-0.05, 0) is 44.0 Å². The third-order valence-electron chi connectivity index (χ3n) is 5.54. The van der Waals surface area contributed by atoms with Gasteiger partial charge in [0, 0.05) is 31.4 Å². The minimum Gasteiger partial charge on any atom is -0.368 e. The molecular formula is C22H30N8. The highest BCUT2D eigenvalue weighted by Gasteiger charge is 2.23. The maximum absolute atomic E-state index is 5.99. The first-order valence-corrected chi connectivity index (χ1v) is 10.6. The third kappa shape index (κ3) is 4.59. The Labute approximate surface area is 177 Å². The van der Waals surface area contributed by atoms with Crippen LogP contribution in [0.4, 0.5) is 17.6 Å². The van der Waals surface area contributed by atoms with Gasteiger partial charge in [-0.3, -0.25) is 4.57 Å². The summed E-state index contributed by atoms with van der Waals surface area (Å²) in [4.78, 5) is 22.4. The summed E-state index contributed by atoms with van der Waals surface area (Å²) in [6.45, 7) is 7.97. The highest BCUT2D eigenvalue weighted by molar-refractivity contribution is 5.57. The minimum absolute atomic E-state index is 0.190. The van der Waals surface area contributed by atoms with Gasteiger partial charge in [0.15, 0.2) is 0 Å². The van der Waals surface area contributed by atoms with E-state index >= 15 is 0 Å². The number of hydrogen-bond acceptors (Lipinski definition) is 7. The van der Waals surface area contributed by atoms with Crippen LogP contribution in [0.5, 0.6) is 0 Å². The lowest BCUT2D eigenvalue weighted by Gasteiger charge is -2.32. The number of nitrogens with two attached hydrogens (primary N) is 1. The van der Waals surface area contributed by atoms with Gasteiger partial charge in [0.2, 0.25) is 17.8 Å². The second-order valence-corrected chi connectivity index (χ2v) is 8.36. The first-order valence-electron chi connectivity index (χ1n) is 10.6. The summed E-state index contributed by atoms with van der Waals surface area (Å²) in [7, 11) is 1.91. The summed E-state index contributed by atoms with van der Waals surface area (Å²) in [6.07, 6.45) is 6.07. The Kier molecular flexibility index (Phi) is 5.94. The van der Waals surface area contributed by atoms with Crippen LogP contribution in [0, 0.1) is 5.92 Å². The van der Waals surface area contributed by atoms with Crippen LogP contribution in [0.15, 0.2) is 42.9 Å². The van der Waals surface area contributed by atoms with Gasteiger partial charge in [-0.2, -0.15) is 15.0 Å². The van der Waals surface area contributed by atoms with Gasteiger partial charge in [-0.1, -0.05) is 32.0 Å². The number of piperidine rings is 1. The lowest BCUT2D eigenvalue weighted by atomic mass is 9.93. The summed E-state index contributed by atoms with van der Waals surface area (Å²) in [6, 6.07) is 9.93. The van der Waals surface area contributed by atoms with Crippen molar-refractivity contribution in [2.24, 2.45) is 5.92 Å². The van der Waals surface area contributed by atoms with E-state index in [2.05, 4.69) is 38.7 Å². The van der Waals surface area contributed by atoms with Gasteiger partial charge in [0.25, 0.3) is 0 Å². The van der Waals surface area contributed by atoms with Crippen LogP contribution in [0.2, 0.25) is 0 Å². The number of rotatable bonds is 6. The predicted molar refractivity (Wildman–Crippen MR) is 119 cm³/mol. The third-order valence-corrected chi connectivity index (χ3v) is 5.54. The number of anilines is 3. The molecule has 4 rings (SSSR count). The maximum Gasteiger partial charge on any atom is 0.241 e. The van der Waals surface area contributed by atoms with Crippen molar-refractivity contribution in [1.29, 1.82) is 0 Å². The van der Waals surface area contributed by atoms with E-state index in [1.165, 1.54) is 6.54 Å². The molecule has 158 valence electrons. The highest BCUT2D eigenvalue weighted by atomic mass is 15.3. The molecule has 3 aromatic rings. The molecule has 0 radical (unpaired) electrons. The van der Waals surface area contributed by atoms with Crippen molar-refractivity contribution in [3.05, 3.63) is 48.5 Å². The number of aromatic nitrogens is 5. The predicted octanol–water partition coefficient (Wildman–Crippen LogP) is 3.24. The zero-order valence-corrected chi connectivity index (χ0v) is 17.9. The molecule has 30 heavy (non-hydrogen) atoms. The fourth-order valence-electron chi connectivity index (χ4n) is 3.99. The quantitative estimate of drug-likeness (QED) is 0.672. The Morgan fingerprint density at radius 1 is 1.10 bits per heavy atom. The van der Waals surface area contributed by atoms with Crippen molar-refractivity contribution >= 4 is 17.6 Å². The normalized spacial score (nSPS) is 15.6. The first-order chi connectivity index (χ1) is 14.5. The standard InChI is InChI=1S/C22H30N8/c1-16(2)13-29-11-9-17(10-12-29)19-14-30(15-24-19)22-26-20(23)25-21(27-22)28(3)18-7-5-4-6-8-18/h4-8,14-17H,9-13H2,1-3H3,(H2,23,25,26,27). The van der Waals surface area contributed by atoms with Crippen molar-refractivity contribution in [1.82, 2.24) is 29.4 Å². The molecule has 1 aromatic carbocycles. The van der Waals surface area contributed by atoms with Gasteiger partial charge in [0.1, 0.15) is 6.33 Å². The van der Waals surface area contributed by atoms with Gasteiger partial charge in [-0.15, -0.1) is 0 Å². The number of para-hydroxylation sites is 1. The zero-order chi connectivity index (χ0) is 21.1. The molecule has 2 aromatic heterocycles. The van der Waals surface area contributed by atoms with Crippen molar-refractivity contribution in [2.45, 2.75) is 32.6 Å². The van der Waals surface area contributed by atoms with E-state index < -0.39 is 0 Å². The van der Waals surface area contributed by atoms with Crippen LogP contribution in [0.3, 0.4) is 0 Å². The monoisotopic (exact) mass is 406 g/mol. The molecule has 0 atom stereocenters. The Hall–Kier alpha value is -3.00. The molecular weight excluding hydrogens is 376 g/mol. The van der Waals surface area contributed by atoms with E-state index in [0.717, 1.165) is 37.3 Å². The van der Waals surface area contributed by atoms with Crippen LogP contribution < -0.4 is 10.6 Å². The van der Waals surface area contributed by atoms with E-state index in [0.29, 0.717) is 23.7 Å². The molecule has 0 aliphatic carbocycles. The molecule has 2 N–H and O–H groups in total. The smallest absolute Gasteiger partial charge is 0.241 e. The molecule has 0 amide bonds. The number of hydrogen-bond donors (Lipinski definition) is 1. The minimum atomic E-state index is 0.190. The summed E-state index contributed by atoms with van der Waals surface area (Å²) < 4.78 is 1.84. The topological polar surface area (TPSA) is 89.0 Å². The van der Waals surface area contributed by atoms with Crippen LogP contribution in [0.1, 0.15) is 38.3 Å². The number of imidazole rings is 1. The van der Waals surface area contributed by atoms with Crippen LogP contribution in [0.25, 0.3) is 5.95 Å². The Bertz CT molecular complexity index is 960. The van der Waals surface area contributed by atoms with Crippen molar-refractivity contribution < 1.29 is 0 Å². The van der Waals surface area contributed by atoms with E-state index in [-0.39, 0.29) is 5.95 Å². The number of likely N-dealkylation sites (tertiary alicyclic amines) is 1. The van der Waals surface area contributed by atoms with Crippen molar-refractivity contribution in [3.63, 3.8) is 0 Å². The average molecular weight is 407 g/mol. The number of nitrogen functional groups attached to an aromatic ring is 1. The average Bonchev–Trinajstić information content (AvgIpc) is 3.24. The summed E-state index contributed by atoms with van der Waals surface area (Å²) in [5, 5.41) is 0. The van der Waals surface area contributed by atoms with Crippen molar-refractivity contribution in [2.75, 3.05) is 37.3 Å². The van der Waals surface area contributed by atoms with Gasteiger partial charge in [-0.25, -0.2) is 4.98 Å². The fourth-order valence-corrected chi connectivity index (χ4v) is 3.99. The molecule has 0 spiro atoms. The fraction of sp³-hybridized carbons (Fsp3) is 0.455. The molecule has 1 saturated heterocycles. The lowest BCUT2D eigenvalue weighted by molar-refractivity contribution is 0.191.